The smallest absolute Gasteiger partial charge is 0.306 e. The van der Waals surface area contributed by atoms with Crippen molar-refractivity contribution in [2.75, 3.05) is 17.2 Å². The molecule has 0 aliphatic heterocycles. The molecule has 0 bridgehead atoms. The number of aryl methyl sites for hydroxylation is 2. The number of benzene rings is 2. The van der Waals surface area contributed by atoms with Crippen LogP contribution in [0.1, 0.15) is 24.0 Å². The van der Waals surface area contributed by atoms with Crippen LogP contribution in [0.5, 0.6) is 0 Å². The molecule has 148 valence electrons. The number of para-hydroxylation sites is 1. The normalized spacial score (nSPS) is 10.3. The topological polar surface area (TPSA) is 84.5 Å². The van der Waals surface area contributed by atoms with Gasteiger partial charge in [0, 0.05) is 17.1 Å². The first-order valence-electron chi connectivity index (χ1n) is 8.53. The van der Waals surface area contributed by atoms with Crippen LogP contribution in [0.4, 0.5) is 11.4 Å². The van der Waals surface area contributed by atoms with Gasteiger partial charge in [-0.25, -0.2) is 0 Å². The highest BCUT2D eigenvalue weighted by Gasteiger charge is 2.13. The van der Waals surface area contributed by atoms with Crippen LogP contribution in [0.3, 0.4) is 0 Å². The van der Waals surface area contributed by atoms with Crippen LogP contribution in [0.15, 0.2) is 36.4 Å². The van der Waals surface area contributed by atoms with Crippen molar-refractivity contribution < 1.29 is 19.1 Å². The fourth-order valence-electron chi connectivity index (χ4n) is 2.43. The van der Waals surface area contributed by atoms with Crippen molar-refractivity contribution in [3.05, 3.63) is 57.6 Å². The number of anilines is 2. The quantitative estimate of drug-likeness (QED) is 0.642. The molecule has 0 radical (unpaired) electrons. The number of ether oxygens (including phenoxy) is 1. The van der Waals surface area contributed by atoms with Crippen LogP contribution in [0, 0.1) is 13.8 Å². The Morgan fingerprint density at radius 1 is 0.929 bits per heavy atom. The summed E-state index contributed by atoms with van der Waals surface area (Å²) < 4.78 is 4.92. The molecule has 6 nitrogen and oxygen atoms in total. The summed E-state index contributed by atoms with van der Waals surface area (Å²) in [6, 6.07) is 10.3. The largest absolute Gasteiger partial charge is 0.456 e. The Kier molecular flexibility index (Phi) is 7.84. The van der Waals surface area contributed by atoms with Crippen molar-refractivity contribution >= 4 is 52.4 Å². The van der Waals surface area contributed by atoms with Gasteiger partial charge in [0.2, 0.25) is 5.91 Å². The van der Waals surface area contributed by atoms with Crippen LogP contribution in [0.2, 0.25) is 10.0 Å². The Bertz CT molecular complexity index is 880. The number of nitrogens with one attached hydrogen (secondary N) is 2. The monoisotopic (exact) mass is 422 g/mol. The van der Waals surface area contributed by atoms with Crippen molar-refractivity contribution in [2.45, 2.75) is 26.7 Å². The number of carbonyl (C=O) groups excluding carboxylic acids is 3. The number of carbonyl (C=O) groups is 3. The zero-order valence-electron chi connectivity index (χ0n) is 15.5. The number of hydrogen-bond acceptors (Lipinski definition) is 4. The SMILES string of the molecule is Cc1cccc(C)c1NC(=O)COC(=O)CCC(=O)Nc1cc(Cl)ccc1Cl. The molecule has 2 rings (SSSR count). The maximum Gasteiger partial charge on any atom is 0.306 e. The van der Waals surface area contributed by atoms with E-state index in [1.165, 1.54) is 6.07 Å². The van der Waals surface area contributed by atoms with Gasteiger partial charge in [0.05, 0.1) is 17.1 Å². The van der Waals surface area contributed by atoms with Crippen molar-refractivity contribution in [1.82, 2.24) is 0 Å². The second-order valence-electron chi connectivity index (χ2n) is 6.15. The second-order valence-corrected chi connectivity index (χ2v) is 6.99. The predicted molar refractivity (Wildman–Crippen MR) is 110 cm³/mol. The van der Waals surface area contributed by atoms with Gasteiger partial charge in [-0.1, -0.05) is 41.4 Å². The van der Waals surface area contributed by atoms with Crippen LogP contribution >= 0.6 is 23.2 Å². The molecule has 0 unspecified atom stereocenters. The number of rotatable bonds is 7. The van der Waals surface area contributed by atoms with E-state index < -0.39 is 24.4 Å². The lowest BCUT2D eigenvalue weighted by Crippen LogP contribution is -2.22. The van der Waals surface area contributed by atoms with Gasteiger partial charge in [0.15, 0.2) is 6.61 Å². The van der Waals surface area contributed by atoms with Gasteiger partial charge in [-0.2, -0.15) is 0 Å². The molecule has 2 aromatic carbocycles. The lowest BCUT2D eigenvalue weighted by molar-refractivity contribution is -0.147. The van der Waals surface area contributed by atoms with Gasteiger partial charge in [-0.3, -0.25) is 14.4 Å². The minimum absolute atomic E-state index is 0.111. The first-order valence-corrected chi connectivity index (χ1v) is 9.28. The summed E-state index contributed by atoms with van der Waals surface area (Å²) in [5, 5.41) is 6.06. The number of amides is 2. The first kappa shape index (κ1) is 21.7. The highest BCUT2D eigenvalue weighted by molar-refractivity contribution is 6.35. The molecule has 2 aromatic rings. The van der Waals surface area contributed by atoms with Gasteiger partial charge in [0.25, 0.3) is 5.91 Å². The number of hydrogen-bond donors (Lipinski definition) is 2. The highest BCUT2D eigenvalue weighted by Crippen LogP contribution is 2.25. The van der Waals surface area contributed by atoms with Crippen LogP contribution in [-0.4, -0.2) is 24.4 Å². The summed E-state index contributed by atoms with van der Waals surface area (Å²) >= 11 is 11.8. The van der Waals surface area contributed by atoms with Crippen LogP contribution < -0.4 is 10.6 Å². The number of halogens is 2. The summed E-state index contributed by atoms with van der Waals surface area (Å²) in [4.78, 5) is 35.7. The van der Waals surface area contributed by atoms with Crippen molar-refractivity contribution in [3.63, 3.8) is 0 Å². The summed E-state index contributed by atoms with van der Waals surface area (Å²) in [7, 11) is 0. The molecule has 2 amide bonds. The molecule has 28 heavy (non-hydrogen) atoms. The van der Waals surface area contributed by atoms with Gasteiger partial charge in [0.1, 0.15) is 0 Å². The molecular formula is C20H20Cl2N2O4. The molecule has 8 heteroatoms. The van der Waals surface area contributed by atoms with Gasteiger partial charge >= 0.3 is 5.97 Å². The maximum absolute atomic E-state index is 12.0. The molecule has 0 saturated heterocycles. The third-order valence-corrected chi connectivity index (χ3v) is 4.43. The van der Waals surface area contributed by atoms with Gasteiger partial charge in [-0.15, -0.1) is 0 Å². The Labute approximate surface area is 173 Å². The molecule has 0 saturated carbocycles. The fourth-order valence-corrected chi connectivity index (χ4v) is 2.76. The van der Waals surface area contributed by atoms with E-state index in [-0.39, 0.29) is 12.8 Å². The molecule has 0 aliphatic carbocycles. The summed E-state index contributed by atoms with van der Waals surface area (Å²) in [6.45, 7) is 3.33. The molecule has 0 fully saturated rings. The van der Waals surface area contributed by atoms with E-state index in [2.05, 4.69) is 10.6 Å². The molecule has 0 aromatic heterocycles. The highest BCUT2D eigenvalue weighted by atomic mass is 35.5. The van der Waals surface area contributed by atoms with Crippen molar-refractivity contribution in [3.8, 4) is 0 Å². The minimum atomic E-state index is -0.649. The fraction of sp³-hybridized carbons (Fsp3) is 0.250. The number of esters is 1. The predicted octanol–water partition coefficient (Wildman–Crippen LogP) is 4.51. The van der Waals surface area contributed by atoms with E-state index in [1.807, 2.05) is 32.0 Å². The average Bonchev–Trinajstić information content (AvgIpc) is 2.64. The Balaban J connectivity index is 1.75. The Hall–Kier alpha value is -2.57. The van der Waals surface area contributed by atoms with E-state index in [4.69, 9.17) is 27.9 Å². The lowest BCUT2D eigenvalue weighted by atomic mass is 10.1. The molecule has 0 aliphatic rings. The third-order valence-electron chi connectivity index (χ3n) is 3.87. The van der Waals surface area contributed by atoms with Gasteiger partial charge in [-0.05, 0) is 43.2 Å². The average molecular weight is 423 g/mol. The summed E-state index contributed by atoms with van der Waals surface area (Å²) in [5.74, 6) is -1.51. The second kappa shape index (κ2) is 10.1. The van der Waals surface area contributed by atoms with E-state index >= 15 is 0 Å². The standard InChI is InChI=1S/C20H20Cl2N2O4/c1-12-4-3-5-13(2)20(12)24-18(26)11-28-19(27)9-8-17(25)23-16-10-14(21)6-7-15(16)22/h3-7,10H,8-9,11H2,1-2H3,(H,23,25)(H,24,26). The minimum Gasteiger partial charge on any atom is -0.456 e. The molecule has 0 heterocycles. The zero-order chi connectivity index (χ0) is 20.7. The van der Waals surface area contributed by atoms with Gasteiger partial charge < -0.3 is 15.4 Å². The van der Waals surface area contributed by atoms with E-state index in [9.17, 15) is 14.4 Å². The Morgan fingerprint density at radius 3 is 2.29 bits per heavy atom. The van der Waals surface area contributed by atoms with Crippen molar-refractivity contribution in [1.29, 1.82) is 0 Å². The molecule has 0 spiro atoms. The summed E-state index contributed by atoms with van der Waals surface area (Å²) in [6.07, 6.45) is -0.277. The first-order chi connectivity index (χ1) is 13.3. The van der Waals surface area contributed by atoms with Crippen LogP contribution in [-0.2, 0) is 19.1 Å². The third kappa shape index (κ3) is 6.55. The van der Waals surface area contributed by atoms with E-state index in [0.717, 1.165) is 11.1 Å². The van der Waals surface area contributed by atoms with Crippen molar-refractivity contribution in [2.24, 2.45) is 0 Å². The maximum atomic E-state index is 12.0. The van der Waals surface area contributed by atoms with E-state index in [0.29, 0.717) is 21.4 Å². The molecule has 2 N–H and O–H groups in total. The molecular weight excluding hydrogens is 403 g/mol. The zero-order valence-corrected chi connectivity index (χ0v) is 17.0. The van der Waals surface area contributed by atoms with E-state index in [1.54, 1.807) is 12.1 Å². The molecule has 0 atom stereocenters. The lowest BCUT2D eigenvalue weighted by Gasteiger charge is -2.11. The Morgan fingerprint density at radius 2 is 1.61 bits per heavy atom. The van der Waals surface area contributed by atoms with Crippen LogP contribution in [0.25, 0.3) is 0 Å². The summed E-state index contributed by atoms with van der Waals surface area (Å²) in [5.41, 5.74) is 2.88.